The zero-order valence-corrected chi connectivity index (χ0v) is 25.0. The van der Waals surface area contributed by atoms with Gasteiger partial charge < -0.3 is 5.32 Å². The second-order valence-electron chi connectivity index (χ2n) is 11.2. The summed E-state index contributed by atoms with van der Waals surface area (Å²) in [6.07, 6.45) is 26.4. The van der Waals surface area contributed by atoms with Crippen molar-refractivity contribution in [2.45, 2.75) is 168 Å². The second kappa shape index (κ2) is 23.5. The smallest absolute Gasteiger partial charge is 0.356 e. The summed E-state index contributed by atoms with van der Waals surface area (Å²) in [5.74, 6) is 0.0239. The maximum atomic E-state index is 11.9. The Balaban J connectivity index is 3.31. The third-order valence-corrected chi connectivity index (χ3v) is 7.39. The van der Waals surface area contributed by atoms with E-state index in [4.69, 9.17) is 8.37 Å². The van der Waals surface area contributed by atoms with Gasteiger partial charge in [0, 0.05) is 13.0 Å². The largest absolute Gasteiger partial charge is 0.400 e. The van der Waals surface area contributed by atoms with Gasteiger partial charge >= 0.3 is 10.4 Å². The van der Waals surface area contributed by atoms with Gasteiger partial charge in [0.05, 0.1) is 12.2 Å². The summed E-state index contributed by atoms with van der Waals surface area (Å²) in [6, 6.07) is 0. The molecule has 0 fully saturated rings. The monoisotopic (exact) mass is 533 g/mol. The number of amides is 1. The van der Waals surface area contributed by atoms with Crippen LogP contribution in [0.4, 0.5) is 0 Å². The van der Waals surface area contributed by atoms with Crippen molar-refractivity contribution in [2.24, 2.45) is 0 Å². The Morgan fingerprint density at radius 1 is 0.639 bits per heavy atom. The van der Waals surface area contributed by atoms with E-state index in [1.54, 1.807) is 20.8 Å². The minimum absolute atomic E-state index is 0.00204. The van der Waals surface area contributed by atoms with Crippen molar-refractivity contribution in [3.8, 4) is 0 Å². The fourth-order valence-corrected chi connectivity index (χ4v) is 5.23. The summed E-state index contributed by atoms with van der Waals surface area (Å²) in [5.41, 5.74) is -0.820. The molecule has 0 rings (SSSR count). The van der Waals surface area contributed by atoms with Crippen molar-refractivity contribution in [2.75, 3.05) is 13.2 Å². The van der Waals surface area contributed by atoms with Gasteiger partial charge in [0.15, 0.2) is 0 Å². The van der Waals surface area contributed by atoms with Crippen molar-refractivity contribution in [1.29, 1.82) is 0 Å². The van der Waals surface area contributed by atoms with Gasteiger partial charge in [0.2, 0.25) is 5.91 Å². The molecule has 6 nitrogen and oxygen atoms in total. The molecular formula is C29H59NO5S. The Bertz CT molecular complexity index is 601. The number of unbranched alkanes of at least 4 members (excludes halogenated alkanes) is 18. The number of hydrogen-bond donors (Lipinski definition) is 1. The number of nitrogens with one attached hydrogen (secondary N) is 1. The molecule has 1 amide bonds. The SMILES string of the molecule is CCCCCCCCCCCCCCCCCCCCCC(=O)NCCCOS(=O)(=O)OC(C)(C)C. The van der Waals surface area contributed by atoms with Crippen LogP contribution in [0, 0.1) is 0 Å². The number of carbonyl (C=O) groups excluding carboxylic acids is 1. The van der Waals surface area contributed by atoms with Crippen molar-refractivity contribution < 1.29 is 21.6 Å². The first-order chi connectivity index (χ1) is 17.2. The first-order valence-electron chi connectivity index (χ1n) is 15.0. The van der Waals surface area contributed by atoms with E-state index < -0.39 is 16.0 Å². The van der Waals surface area contributed by atoms with Crippen LogP contribution in [-0.2, 0) is 23.6 Å². The lowest BCUT2D eigenvalue weighted by molar-refractivity contribution is -0.121. The molecule has 0 aromatic rings. The van der Waals surface area contributed by atoms with E-state index >= 15 is 0 Å². The van der Waals surface area contributed by atoms with E-state index in [1.807, 2.05) is 0 Å². The minimum atomic E-state index is -3.99. The lowest BCUT2D eigenvalue weighted by Crippen LogP contribution is -2.27. The van der Waals surface area contributed by atoms with Crippen LogP contribution in [0.2, 0.25) is 0 Å². The fourth-order valence-electron chi connectivity index (χ4n) is 4.24. The molecule has 1 N–H and O–H groups in total. The zero-order valence-electron chi connectivity index (χ0n) is 24.2. The molecule has 0 aromatic carbocycles. The van der Waals surface area contributed by atoms with Gasteiger partial charge in [-0.05, 0) is 33.6 Å². The first-order valence-corrected chi connectivity index (χ1v) is 16.4. The summed E-state index contributed by atoms with van der Waals surface area (Å²) in [4.78, 5) is 11.9. The first kappa shape index (κ1) is 35.3. The highest BCUT2D eigenvalue weighted by atomic mass is 32.3. The Kier molecular flexibility index (Phi) is 23.0. The molecule has 0 unspecified atom stereocenters. The van der Waals surface area contributed by atoms with Gasteiger partial charge in [-0.3, -0.25) is 4.79 Å². The fraction of sp³-hybridized carbons (Fsp3) is 0.966. The number of carbonyl (C=O) groups is 1. The quantitative estimate of drug-likeness (QED) is 0.113. The molecule has 0 saturated heterocycles. The van der Waals surface area contributed by atoms with Crippen molar-refractivity contribution >= 4 is 16.3 Å². The Labute approximate surface area is 224 Å². The molecule has 0 bridgehead atoms. The molecule has 0 heterocycles. The predicted molar refractivity (Wildman–Crippen MR) is 151 cm³/mol. The van der Waals surface area contributed by atoms with Crippen LogP contribution in [-0.4, -0.2) is 33.1 Å². The van der Waals surface area contributed by atoms with E-state index in [9.17, 15) is 13.2 Å². The molecular weight excluding hydrogens is 474 g/mol. The van der Waals surface area contributed by atoms with E-state index in [-0.39, 0.29) is 12.5 Å². The maximum absolute atomic E-state index is 11.9. The van der Waals surface area contributed by atoms with Crippen LogP contribution >= 0.6 is 0 Å². The van der Waals surface area contributed by atoms with Crippen molar-refractivity contribution in [3.63, 3.8) is 0 Å². The summed E-state index contributed by atoms with van der Waals surface area (Å²) < 4.78 is 32.9. The van der Waals surface area contributed by atoms with Gasteiger partial charge in [0.1, 0.15) is 0 Å². The Morgan fingerprint density at radius 2 is 1.03 bits per heavy atom. The molecule has 0 aliphatic rings. The topological polar surface area (TPSA) is 81.7 Å². The van der Waals surface area contributed by atoms with E-state index in [1.165, 1.54) is 109 Å². The average Bonchev–Trinajstić information content (AvgIpc) is 2.78. The normalized spacial score (nSPS) is 12.2. The third-order valence-electron chi connectivity index (χ3n) is 6.23. The third kappa shape index (κ3) is 27.9. The maximum Gasteiger partial charge on any atom is 0.400 e. The summed E-state index contributed by atoms with van der Waals surface area (Å²) in [6.45, 7) is 7.62. The van der Waals surface area contributed by atoms with Gasteiger partial charge in [-0.15, -0.1) is 0 Å². The zero-order chi connectivity index (χ0) is 27.0. The molecule has 0 atom stereocenters. The van der Waals surface area contributed by atoms with Crippen LogP contribution in [0.5, 0.6) is 0 Å². The van der Waals surface area contributed by atoms with Crippen LogP contribution < -0.4 is 5.32 Å². The lowest BCUT2D eigenvalue weighted by Gasteiger charge is -2.18. The number of hydrogen-bond acceptors (Lipinski definition) is 5. The molecule has 0 radical (unpaired) electrons. The predicted octanol–water partition coefficient (Wildman–Crippen LogP) is 8.39. The molecule has 216 valence electrons. The van der Waals surface area contributed by atoms with E-state index in [0.717, 1.165) is 12.8 Å². The summed E-state index contributed by atoms with van der Waals surface area (Å²) in [7, 11) is -3.99. The highest BCUT2D eigenvalue weighted by Crippen LogP contribution is 2.15. The second-order valence-corrected chi connectivity index (χ2v) is 12.5. The minimum Gasteiger partial charge on any atom is -0.356 e. The Hall–Kier alpha value is -0.660. The van der Waals surface area contributed by atoms with Gasteiger partial charge in [-0.2, -0.15) is 8.42 Å². The van der Waals surface area contributed by atoms with Crippen LogP contribution in [0.15, 0.2) is 0 Å². The van der Waals surface area contributed by atoms with Gasteiger partial charge in [-0.1, -0.05) is 122 Å². The van der Waals surface area contributed by atoms with E-state index in [2.05, 4.69) is 12.2 Å². The van der Waals surface area contributed by atoms with Crippen molar-refractivity contribution in [1.82, 2.24) is 5.32 Å². The van der Waals surface area contributed by atoms with Gasteiger partial charge in [0.25, 0.3) is 0 Å². The van der Waals surface area contributed by atoms with Crippen LogP contribution in [0.3, 0.4) is 0 Å². The molecule has 36 heavy (non-hydrogen) atoms. The molecule has 0 aromatic heterocycles. The van der Waals surface area contributed by atoms with Gasteiger partial charge in [-0.25, -0.2) is 8.37 Å². The average molecular weight is 534 g/mol. The van der Waals surface area contributed by atoms with Crippen molar-refractivity contribution in [3.05, 3.63) is 0 Å². The highest BCUT2D eigenvalue weighted by molar-refractivity contribution is 7.81. The van der Waals surface area contributed by atoms with E-state index in [0.29, 0.717) is 19.4 Å². The Morgan fingerprint density at radius 3 is 1.42 bits per heavy atom. The standard InChI is InChI=1S/C29H59NO5S/c1-5-6-7-8-9-10-11-12-13-14-15-16-17-18-19-20-21-22-23-25-28(31)30-26-24-27-34-36(32,33)35-29(2,3)4/h5-27H2,1-4H3,(H,30,31). The molecule has 0 aliphatic heterocycles. The molecule has 0 saturated carbocycles. The lowest BCUT2D eigenvalue weighted by atomic mass is 10.0. The highest BCUT2D eigenvalue weighted by Gasteiger charge is 2.22. The summed E-state index contributed by atoms with van der Waals surface area (Å²) in [5, 5.41) is 2.82. The molecule has 0 aliphatic carbocycles. The summed E-state index contributed by atoms with van der Waals surface area (Å²) >= 11 is 0. The molecule has 0 spiro atoms. The number of rotatable bonds is 26. The molecule has 7 heteroatoms. The van der Waals surface area contributed by atoms with Crippen LogP contribution in [0.25, 0.3) is 0 Å². The van der Waals surface area contributed by atoms with Crippen LogP contribution in [0.1, 0.15) is 163 Å².